The molecule has 0 aromatic heterocycles. The zero-order valence-electron chi connectivity index (χ0n) is 22.2. The molecule has 0 radical (unpaired) electrons. The number of piperidine rings is 1. The summed E-state index contributed by atoms with van der Waals surface area (Å²) in [6, 6.07) is 6.69. The van der Waals surface area contributed by atoms with Gasteiger partial charge in [-0.25, -0.2) is 13.6 Å². The average molecular weight is 512 g/mol. The van der Waals surface area contributed by atoms with E-state index in [0.29, 0.717) is 50.3 Å². The largest absolute Gasteiger partial charge is 0.497 e. The lowest BCUT2D eigenvalue weighted by Crippen LogP contribution is -2.53. The van der Waals surface area contributed by atoms with Crippen LogP contribution in [0.1, 0.15) is 54.9 Å². The minimum Gasteiger partial charge on any atom is -0.497 e. The number of carbonyl (C=O) groups is 1. The molecule has 2 aromatic rings. The van der Waals surface area contributed by atoms with Crippen molar-refractivity contribution in [2.75, 3.05) is 33.9 Å². The smallest absolute Gasteiger partial charge is 0.325 e. The molecule has 0 aliphatic carbocycles. The Balaban J connectivity index is 1.47. The molecule has 5 rings (SSSR count). The van der Waals surface area contributed by atoms with Crippen molar-refractivity contribution in [1.82, 2.24) is 14.7 Å². The number of methoxy groups -OCH3 is 2. The molecule has 1 spiro atoms. The van der Waals surface area contributed by atoms with Gasteiger partial charge < -0.3 is 14.4 Å². The Kier molecular flexibility index (Phi) is 6.64. The molecular weight excluding hydrogens is 476 g/mol. The van der Waals surface area contributed by atoms with Crippen LogP contribution >= 0.6 is 0 Å². The number of amides is 2. The van der Waals surface area contributed by atoms with Crippen LogP contribution in [0.15, 0.2) is 36.0 Å². The van der Waals surface area contributed by atoms with Crippen LogP contribution in [0.5, 0.6) is 11.5 Å². The van der Waals surface area contributed by atoms with E-state index in [4.69, 9.17) is 9.47 Å². The fourth-order valence-electron chi connectivity index (χ4n) is 6.43. The number of fused-ring (bicyclic) bond motifs is 3. The van der Waals surface area contributed by atoms with Crippen LogP contribution in [-0.4, -0.2) is 60.1 Å². The van der Waals surface area contributed by atoms with Crippen LogP contribution in [0.25, 0.3) is 0 Å². The van der Waals surface area contributed by atoms with Crippen LogP contribution in [0.2, 0.25) is 0 Å². The van der Waals surface area contributed by atoms with Gasteiger partial charge in [0.25, 0.3) is 0 Å². The van der Waals surface area contributed by atoms with E-state index >= 15 is 0 Å². The van der Waals surface area contributed by atoms with Gasteiger partial charge in [-0.1, -0.05) is 19.1 Å². The van der Waals surface area contributed by atoms with Gasteiger partial charge in [-0.3, -0.25) is 9.80 Å². The summed E-state index contributed by atoms with van der Waals surface area (Å²) < 4.78 is 40.3. The van der Waals surface area contributed by atoms with Gasteiger partial charge in [-0.05, 0) is 49.9 Å². The van der Waals surface area contributed by atoms with Gasteiger partial charge in [0.1, 0.15) is 23.1 Å². The number of ether oxygens (including phenoxy) is 2. The summed E-state index contributed by atoms with van der Waals surface area (Å²) in [4.78, 5) is 19.7. The third-order valence-corrected chi connectivity index (χ3v) is 8.35. The molecule has 2 aromatic carbocycles. The van der Waals surface area contributed by atoms with E-state index in [2.05, 4.69) is 17.9 Å². The molecule has 8 heteroatoms. The maximum atomic E-state index is 14.7. The summed E-state index contributed by atoms with van der Waals surface area (Å²) in [6.45, 7) is 8.34. The number of nitrogens with zero attached hydrogens (tertiary/aromatic N) is 3. The number of hydrogen-bond donors (Lipinski definition) is 0. The molecule has 0 saturated carbocycles. The van der Waals surface area contributed by atoms with Crippen LogP contribution in [0, 0.1) is 18.6 Å². The Morgan fingerprint density at radius 2 is 1.84 bits per heavy atom. The molecule has 6 nitrogen and oxygen atoms in total. The first kappa shape index (κ1) is 25.5. The highest BCUT2D eigenvalue weighted by Crippen LogP contribution is 2.49. The minimum atomic E-state index is -0.511. The van der Waals surface area contributed by atoms with Crippen molar-refractivity contribution in [3.8, 4) is 11.5 Å². The van der Waals surface area contributed by atoms with E-state index in [9.17, 15) is 13.6 Å². The zero-order valence-corrected chi connectivity index (χ0v) is 22.2. The lowest BCUT2D eigenvalue weighted by Gasteiger charge is -2.44. The first-order valence-corrected chi connectivity index (χ1v) is 13.0. The first-order chi connectivity index (χ1) is 17.7. The fourth-order valence-corrected chi connectivity index (χ4v) is 6.43. The van der Waals surface area contributed by atoms with Crippen molar-refractivity contribution >= 4 is 6.03 Å². The van der Waals surface area contributed by atoms with E-state index in [1.54, 1.807) is 21.1 Å². The lowest BCUT2D eigenvalue weighted by molar-refractivity contribution is 0.0876. The van der Waals surface area contributed by atoms with Crippen molar-refractivity contribution < 1.29 is 23.0 Å². The fraction of sp³-hybridized carbons (Fsp3) is 0.483. The highest BCUT2D eigenvalue weighted by Gasteiger charge is 2.54. The van der Waals surface area contributed by atoms with Gasteiger partial charge in [0.15, 0.2) is 0 Å². The second-order valence-corrected chi connectivity index (χ2v) is 10.3. The van der Waals surface area contributed by atoms with Crippen molar-refractivity contribution in [3.05, 3.63) is 69.9 Å². The predicted octanol–water partition coefficient (Wildman–Crippen LogP) is 5.58. The summed E-state index contributed by atoms with van der Waals surface area (Å²) in [6.07, 6.45) is 3.62. The minimum absolute atomic E-state index is 0.000176. The molecule has 2 saturated heterocycles. The zero-order chi connectivity index (χ0) is 26.5. The standard InChI is InChI=1S/C29H35F2N3O3/c1-6-34-28(35)33-16-20-14-21(36-4)15-24(37-5)26(20)19(3)13-25(33)29(34)9-11-32(12-10-29)17-22-23(30)8-7-18(2)27(22)31/h7-8,13-15,19H,6,9-12,16-17H2,1-5H3/t19-/m0/s1. The third-order valence-electron chi connectivity index (χ3n) is 8.35. The number of hydrogen-bond acceptors (Lipinski definition) is 4. The molecule has 1 atom stereocenters. The highest BCUT2D eigenvalue weighted by molar-refractivity contribution is 5.83. The number of rotatable bonds is 5. The topological polar surface area (TPSA) is 45.3 Å². The Labute approximate surface area is 217 Å². The van der Waals surface area contributed by atoms with E-state index < -0.39 is 17.2 Å². The summed E-state index contributed by atoms with van der Waals surface area (Å²) in [5.74, 6) is 0.504. The Hall–Kier alpha value is -3.13. The molecule has 0 N–H and O–H groups in total. The summed E-state index contributed by atoms with van der Waals surface area (Å²) in [5.41, 5.74) is 3.23. The quantitative estimate of drug-likeness (QED) is 0.526. The van der Waals surface area contributed by atoms with Crippen LogP contribution in [0.3, 0.4) is 0 Å². The molecule has 3 heterocycles. The second-order valence-electron chi connectivity index (χ2n) is 10.3. The van der Waals surface area contributed by atoms with Gasteiger partial charge in [-0.2, -0.15) is 0 Å². The van der Waals surface area contributed by atoms with E-state index in [1.807, 2.05) is 28.9 Å². The number of allylic oxidation sites excluding steroid dienone is 1. The van der Waals surface area contributed by atoms with Crippen molar-refractivity contribution in [3.63, 3.8) is 0 Å². The summed E-state index contributed by atoms with van der Waals surface area (Å²) >= 11 is 0. The molecule has 198 valence electrons. The molecule has 3 aliphatic heterocycles. The van der Waals surface area contributed by atoms with Gasteiger partial charge in [-0.15, -0.1) is 0 Å². The number of benzene rings is 2. The molecule has 0 bridgehead atoms. The van der Waals surface area contributed by atoms with Gasteiger partial charge in [0, 0.05) is 55.0 Å². The van der Waals surface area contributed by atoms with Crippen LogP contribution in [-0.2, 0) is 13.1 Å². The molecule has 0 unspecified atom stereocenters. The highest BCUT2D eigenvalue weighted by atomic mass is 19.1. The van der Waals surface area contributed by atoms with Gasteiger partial charge in [0.2, 0.25) is 0 Å². The first-order valence-electron chi connectivity index (χ1n) is 13.0. The van der Waals surface area contributed by atoms with Gasteiger partial charge >= 0.3 is 6.03 Å². The van der Waals surface area contributed by atoms with Crippen molar-refractivity contribution in [2.45, 2.75) is 58.2 Å². The van der Waals surface area contributed by atoms with E-state index in [-0.39, 0.29) is 24.1 Å². The van der Waals surface area contributed by atoms with Crippen LogP contribution < -0.4 is 9.47 Å². The lowest BCUT2D eigenvalue weighted by atomic mass is 9.82. The Morgan fingerprint density at radius 1 is 1.11 bits per heavy atom. The van der Waals surface area contributed by atoms with E-state index in [1.165, 1.54) is 12.1 Å². The molecular formula is C29H35F2N3O3. The molecule has 2 amide bonds. The number of halogens is 2. The number of carbonyl (C=O) groups excluding carboxylic acids is 1. The van der Waals surface area contributed by atoms with Crippen LogP contribution in [0.4, 0.5) is 13.6 Å². The third kappa shape index (κ3) is 4.06. The second kappa shape index (κ2) is 9.63. The normalized spacial score (nSPS) is 21.0. The Bertz CT molecular complexity index is 1250. The summed E-state index contributed by atoms with van der Waals surface area (Å²) in [7, 11) is 3.28. The monoisotopic (exact) mass is 511 g/mol. The van der Waals surface area contributed by atoms with Gasteiger partial charge in [0.05, 0.1) is 26.3 Å². The number of likely N-dealkylation sites (N-methyl/N-ethyl adjacent to an activating group) is 1. The maximum Gasteiger partial charge on any atom is 0.325 e. The Morgan fingerprint density at radius 3 is 2.49 bits per heavy atom. The molecule has 37 heavy (non-hydrogen) atoms. The summed E-state index contributed by atoms with van der Waals surface area (Å²) in [5, 5.41) is 0. The van der Waals surface area contributed by atoms with E-state index in [0.717, 1.165) is 22.6 Å². The maximum absolute atomic E-state index is 14.7. The molecule has 2 fully saturated rings. The predicted molar refractivity (Wildman–Crippen MR) is 138 cm³/mol. The number of urea groups is 1. The van der Waals surface area contributed by atoms with Crippen molar-refractivity contribution in [2.24, 2.45) is 0 Å². The van der Waals surface area contributed by atoms with Crippen molar-refractivity contribution in [1.29, 1.82) is 0 Å². The number of aryl methyl sites for hydroxylation is 1. The molecule has 3 aliphatic rings. The average Bonchev–Trinajstić information content (AvgIpc) is 3.00. The SMILES string of the molecule is CCN1C(=O)N2Cc3cc(OC)cc(OC)c3[C@@H](C)C=C2C12CCN(Cc1c(F)ccc(C)c1F)CC2. The number of likely N-dealkylation sites (tertiary alicyclic amines) is 1.